The van der Waals surface area contributed by atoms with Gasteiger partial charge >= 0.3 is 0 Å². The van der Waals surface area contributed by atoms with Crippen molar-refractivity contribution in [3.63, 3.8) is 0 Å². The monoisotopic (exact) mass is 273 g/mol. The van der Waals surface area contributed by atoms with Crippen molar-refractivity contribution in [2.24, 2.45) is 5.92 Å². The molecule has 0 spiro atoms. The summed E-state index contributed by atoms with van der Waals surface area (Å²) in [6, 6.07) is 0. The van der Waals surface area contributed by atoms with Crippen LogP contribution in [0.15, 0.2) is 0 Å². The zero-order chi connectivity index (χ0) is 14.5. The van der Waals surface area contributed by atoms with Gasteiger partial charge in [0.15, 0.2) is 0 Å². The Bertz CT molecular complexity index is 186. The number of hydrogen-bond donors (Lipinski definition) is 1. The van der Waals surface area contributed by atoms with E-state index in [1.165, 1.54) is 25.7 Å². The molecule has 19 heavy (non-hydrogen) atoms. The SMILES string of the molecule is CCCCCCC(C)OC(CNCC(C)C)COC. The third-order valence-corrected chi connectivity index (χ3v) is 3.17. The van der Waals surface area contributed by atoms with E-state index in [0.29, 0.717) is 18.6 Å². The van der Waals surface area contributed by atoms with Crippen LogP contribution in [0, 0.1) is 5.92 Å². The number of ether oxygens (including phenoxy) is 2. The Morgan fingerprint density at radius 3 is 2.32 bits per heavy atom. The number of hydrogen-bond acceptors (Lipinski definition) is 3. The first-order valence-corrected chi connectivity index (χ1v) is 7.95. The third-order valence-electron chi connectivity index (χ3n) is 3.17. The van der Waals surface area contributed by atoms with Gasteiger partial charge in [-0.05, 0) is 25.8 Å². The highest BCUT2D eigenvalue weighted by atomic mass is 16.5. The van der Waals surface area contributed by atoms with Crippen molar-refractivity contribution >= 4 is 0 Å². The Morgan fingerprint density at radius 2 is 1.74 bits per heavy atom. The van der Waals surface area contributed by atoms with E-state index in [1.807, 2.05) is 0 Å². The predicted molar refractivity (Wildman–Crippen MR) is 82.7 cm³/mol. The van der Waals surface area contributed by atoms with Crippen LogP contribution in [0.1, 0.15) is 59.8 Å². The van der Waals surface area contributed by atoms with Crippen molar-refractivity contribution in [1.29, 1.82) is 0 Å². The number of unbranched alkanes of at least 4 members (excludes halogenated alkanes) is 3. The summed E-state index contributed by atoms with van der Waals surface area (Å²) in [5, 5.41) is 3.45. The first kappa shape index (κ1) is 18.9. The minimum Gasteiger partial charge on any atom is -0.382 e. The van der Waals surface area contributed by atoms with Crippen LogP contribution in [-0.4, -0.2) is 39.0 Å². The molecule has 0 fully saturated rings. The number of rotatable bonds is 13. The topological polar surface area (TPSA) is 30.5 Å². The third kappa shape index (κ3) is 12.6. The van der Waals surface area contributed by atoms with Gasteiger partial charge in [-0.25, -0.2) is 0 Å². The molecule has 0 saturated carbocycles. The molecule has 3 nitrogen and oxygen atoms in total. The fraction of sp³-hybridized carbons (Fsp3) is 1.00. The molecule has 0 aromatic heterocycles. The summed E-state index contributed by atoms with van der Waals surface area (Å²) in [6.45, 7) is 11.4. The standard InChI is InChI=1S/C16H35NO2/c1-6-7-8-9-10-15(4)19-16(13-18-5)12-17-11-14(2)3/h14-17H,6-13H2,1-5H3. The van der Waals surface area contributed by atoms with Crippen molar-refractivity contribution in [2.75, 3.05) is 26.8 Å². The van der Waals surface area contributed by atoms with Gasteiger partial charge in [-0.2, -0.15) is 0 Å². The van der Waals surface area contributed by atoms with Crippen LogP contribution in [-0.2, 0) is 9.47 Å². The molecule has 0 amide bonds. The highest BCUT2D eigenvalue weighted by Crippen LogP contribution is 2.10. The molecule has 0 aliphatic rings. The molecule has 0 heterocycles. The summed E-state index contributed by atoms with van der Waals surface area (Å²) in [7, 11) is 1.74. The molecule has 0 radical (unpaired) electrons. The van der Waals surface area contributed by atoms with Crippen molar-refractivity contribution in [1.82, 2.24) is 5.32 Å². The molecule has 0 aromatic rings. The van der Waals surface area contributed by atoms with E-state index in [2.05, 4.69) is 33.0 Å². The first-order chi connectivity index (χ1) is 9.10. The van der Waals surface area contributed by atoms with E-state index >= 15 is 0 Å². The smallest absolute Gasteiger partial charge is 0.0935 e. The number of methoxy groups -OCH3 is 1. The van der Waals surface area contributed by atoms with Gasteiger partial charge in [0.1, 0.15) is 0 Å². The van der Waals surface area contributed by atoms with Crippen molar-refractivity contribution in [3.8, 4) is 0 Å². The Kier molecular flexibility index (Phi) is 12.8. The molecule has 3 heteroatoms. The fourth-order valence-corrected chi connectivity index (χ4v) is 2.12. The van der Waals surface area contributed by atoms with Gasteiger partial charge in [0.25, 0.3) is 0 Å². The lowest BCUT2D eigenvalue weighted by Crippen LogP contribution is -2.36. The molecule has 0 aromatic carbocycles. The van der Waals surface area contributed by atoms with E-state index < -0.39 is 0 Å². The van der Waals surface area contributed by atoms with Gasteiger partial charge in [-0.1, -0.05) is 46.5 Å². The molecule has 0 aliphatic carbocycles. The largest absolute Gasteiger partial charge is 0.382 e. The second-order valence-corrected chi connectivity index (χ2v) is 5.93. The number of nitrogens with one attached hydrogen (secondary N) is 1. The van der Waals surface area contributed by atoms with Gasteiger partial charge in [-0.15, -0.1) is 0 Å². The quantitative estimate of drug-likeness (QED) is 0.520. The first-order valence-electron chi connectivity index (χ1n) is 7.95. The van der Waals surface area contributed by atoms with Gasteiger partial charge in [0.05, 0.1) is 18.8 Å². The highest BCUT2D eigenvalue weighted by Gasteiger charge is 2.13. The van der Waals surface area contributed by atoms with Crippen LogP contribution < -0.4 is 5.32 Å². The lowest BCUT2D eigenvalue weighted by atomic mass is 10.1. The summed E-state index contributed by atoms with van der Waals surface area (Å²) in [5.74, 6) is 0.676. The summed E-state index contributed by atoms with van der Waals surface area (Å²) in [6.07, 6.45) is 6.89. The molecule has 0 aliphatic heterocycles. The van der Waals surface area contributed by atoms with E-state index in [1.54, 1.807) is 7.11 Å². The van der Waals surface area contributed by atoms with Crippen LogP contribution in [0.5, 0.6) is 0 Å². The normalized spacial score (nSPS) is 14.8. The van der Waals surface area contributed by atoms with Gasteiger partial charge in [0.2, 0.25) is 0 Å². The molecule has 1 N–H and O–H groups in total. The highest BCUT2D eigenvalue weighted by molar-refractivity contribution is 4.65. The van der Waals surface area contributed by atoms with E-state index in [4.69, 9.17) is 9.47 Å². The molecular formula is C16H35NO2. The molecule has 2 unspecified atom stereocenters. The molecular weight excluding hydrogens is 238 g/mol. The Labute approximate surface area is 120 Å². The molecule has 2 atom stereocenters. The summed E-state index contributed by atoms with van der Waals surface area (Å²) in [4.78, 5) is 0. The van der Waals surface area contributed by atoms with E-state index in [9.17, 15) is 0 Å². The summed E-state index contributed by atoms with van der Waals surface area (Å²) < 4.78 is 11.3. The van der Waals surface area contributed by atoms with Crippen molar-refractivity contribution in [3.05, 3.63) is 0 Å². The maximum absolute atomic E-state index is 6.07. The second kappa shape index (κ2) is 12.9. The average molecular weight is 273 g/mol. The van der Waals surface area contributed by atoms with E-state index in [0.717, 1.165) is 19.5 Å². The minimum atomic E-state index is 0.171. The summed E-state index contributed by atoms with van der Waals surface area (Å²) in [5.41, 5.74) is 0. The van der Waals surface area contributed by atoms with Crippen LogP contribution in [0.2, 0.25) is 0 Å². The van der Waals surface area contributed by atoms with Crippen LogP contribution in [0.25, 0.3) is 0 Å². The van der Waals surface area contributed by atoms with Crippen LogP contribution in [0.4, 0.5) is 0 Å². The van der Waals surface area contributed by atoms with Gasteiger partial charge in [-0.3, -0.25) is 0 Å². The maximum Gasteiger partial charge on any atom is 0.0935 e. The molecule has 0 saturated heterocycles. The maximum atomic E-state index is 6.07. The Balaban J connectivity index is 3.76. The van der Waals surface area contributed by atoms with Crippen molar-refractivity contribution in [2.45, 2.75) is 72.0 Å². The lowest BCUT2D eigenvalue weighted by Gasteiger charge is -2.23. The second-order valence-electron chi connectivity index (χ2n) is 5.93. The van der Waals surface area contributed by atoms with Crippen molar-refractivity contribution < 1.29 is 9.47 Å². The Hall–Kier alpha value is -0.120. The molecule has 116 valence electrons. The fourth-order valence-electron chi connectivity index (χ4n) is 2.12. The van der Waals surface area contributed by atoms with Crippen LogP contribution in [0.3, 0.4) is 0 Å². The minimum absolute atomic E-state index is 0.171. The zero-order valence-corrected chi connectivity index (χ0v) is 13.7. The lowest BCUT2D eigenvalue weighted by molar-refractivity contribution is -0.0432. The Morgan fingerprint density at radius 1 is 1.00 bits per heavy atom. The van der Waals surface area contributed by atoms with Crippen LogP contribution >= 0.6 is 0 Å². The van der Waals surface area contributed by atoms with Gasteiger partial charge < -0.3 is 14.8 Å². The van der Waals surface area contributed by atoms with Gasteiger partial charge in [0, 0.05) is 13.7 Å². The zero-order valence-electron chi connectivity index (χ0n) is 13.7. The van der Waals surface area contributed by atoms with E-state index in [-0.39, 0.29) is 6.10 Å². The average Bonchev–Trinajstić information content (AvgIpc) is 2.34. The summed E-state index contributed by atoms with van der Waals surface area (Å²) >= 11 is 0. The molecule has 0 bridgehead atoms. The molecule has 0 rings (SSSR count). The predicted octanol–water partition coefficient (Wildman–Crippen LogP) is 3.62.